The number of nitrogens with two attached hydrogens (primary N) is 1. The fourth-order valence-electron chi connectivity index (χ4n) is 2.77. The van der Waals surface area contributed by atoms with Gasteiger partial charge in [-0.1, -0.05) is 20.3 Å². The zero-order valence-electron chi connectivity index (χ0n) is 16.3. The van der Waals surface area contributed by atoms with E-state index < -0.39 is 5.91 Å². The molecule has 2 aromatic rings. The Labute approximate surface area is 173 Å². The molecule has 0 aliphatic carbocycles. The fourth-order valence-corrected chi connectivity index (χ4v) is 3.22. The van der Waals surface area contributed by atoms with Crippen LogP contribution in [0.1, 0.15) is 49.0 Å². The molecule has 0 atom stereocenters. The molecule has 0 fully saturated rings. The molecule has 0 radical (unpaired) electrons. The van der Waals surface area contributed by atoms with Crippen LogP contribution in [-0.2, 0) is 13.0 Å². The second kappa shape index (κ2) is 10.8. The standard InChI is InChI=1S/C20H27BrN4O3/c1-3-6-14-12-15(19(22)26)7-8-17(14)28-11-5-9-23-16-13-24-25(10-4-2)20(27)18(16)21/h7-8,12-13,23H,3-6,9-11H2,1-2H3,(H2,22,26). The molecular formula is C20H27BrN4O3. The Morgan fingerprint density at radius 2 is 2.11 bits per heavy atom. The lowest BCUT2D eigenvalue weighted by molar-refractivity contribution is 0.1000. The highest BCUT2D eigenvalue weighted by atomic mass is 79.9. The van der Waals surface area contributed by atoms with Gasteiger partial charge in [-0.3, -0.25) is 9.59 Å². The van der Waals surface area contributed by atoms with Gasteiger partial charge >= 0.3 is 0 Å². The minimum atomic E-state index is -0.437. The highest BCUT2D eigenvalue weighted by Gasteiger charge is 2.09. The first kappa shape index (κ1) is 21.9. The van der Waals surface area contributed by atoms with E-state index in [-0.39, 0.29) is 5.56 Å². The van der Waals surface area contributed by atoms with E-state index in [1.807, 2.05) is 6.92 Å². The maximum absolute atomic E-state index is 12.2. The summed E-state index contributed by atoms with van der Waals surface area (Å²) in [6.07, 6.45) is 5.02. The SMILES string of the molecule is CCCc1cc(C(N)=O)ccc1OCCCNc1cnn(CCC)c(=O)c1Br. The number of rotatable bonds is 11. The third-order valence-corrected chi connectivity index (χ3v) is 4.95. The van der Waals surface area contributed by atoms with Gasteiger partial charge in [0.15, 0.2) is 0 Å². The smallest absolute Gasteiger partial charge is 0.283 e. The van der Waals surface area contributed by atoms with Crippen molar-refractivity contribution < 1.29 is 9.53 Å². The van der Waals surface area contributed by atoms with E-state index in [0.717, 1.165) is 37.0 Å². The number of halogens is 1. The van der Waals surface area contributed by atoms with Crippen molar-refractivity contribution in [3.8, 4) is 5.75 Å². The Kier molecular flexibility index (Phi) is 8.50. The minimum Gasteiger partial charge on any atom is -0.493 e. The van der Waals surface area contributed by atoms with Gasteiger partial charge in [-0.05, 0) is 59.0 Å². The Balaban J connectivity index is 1.89. The first-order valence-corrected chi connectivity index (χ1v) is 10.3. The number of aromatic nitrogens is 2. The summed E-state index contributed by atoms with van der Waals surface area (Å²) in [5, 5.41) is 7.38. The second-order valence-corrected chi connectivity index (χ2v) is 7.26. The third-order valence-electron chi connectivity index (χ3n) is 4.18. The molecule has 0 saturated heterocycles. The molecule has 0 unspecified atom stereocenters. The number of ether oxygens (including phenoxy) is 1. The average Bonchev–Trinajstić information content (AvgIpc) is 2.68. The van der Waals surface area contributed by atoms with E-state index in [9.17, 15) is 9.59 Å². The van der Waals surface area contributed by atoms with Crippen molar-refractivity contribution >= 4 is 27.5 Å². The predicted molar refractivity (Wildman–Crippen MR) is 114 cm³/mol. The maximum Gasteiger partial charge on any atom is 0.283 e. The Morgan fingerprint density at radius 3 is 2.79 bits per heavy atom. The molecule has 8 heteroatoms. The van der Waals surface area contributed by atoms with Crippen LogP contribution in [0.15, 0.2) is 33.7 Å². The van der Waals surface area contributed by atoms with Crippen LogP contribution in [0.5, 0.6) is 5.75 Å². The summed E-state index contributed by atoms with van der Waals surface area (Å²) in [4.78, 5) is 23.5. The van der Waals surface area contributed by atoms with Gasteiger partial charge in [0.25, 0.3) is 5.56 Å². The summed E-state index contributed by atoms with van der Waals surface area (Å²) in [5.41, 5.74) is 7.37. The molecule has 0 aliphatic heterocycles. The lowest BCUT2D eigenvalue weighted by Gasteiger charge is -2.13. The maximum atomic E-state index is 12.2. The number of carbonyl (C=O) groups is 1. The first-order chi connectivity index (χ1) is 13.5. The summed E-state index contributed by atoms with van der Waals surface area (Å²) in [6.45, 7) is 5.82. The number of nitrogens with one attached hydrogen (secondary N) is 1. The van der Waals surface area contributed by atoms with Crippen LogP contribution < -0.4 is 21.3 Å². The zero-order valence-corrected chi connectivity index (χ0v) is 17.9. The first-order valence-electron chi connectivity index (χ1n) is 9.52. The van der Waals surface area contributed by atoms with Gasteiger partial charge in [-0.15, -0.1) is 0 Å². The number of hydrogen-bond acceptors (Lipinski definition) is 5. The summed E-state index contributed by atoms with van der Waals surface area (Å²) < 4.78 is 7.82. The molecule has 1 heterocycles. The van der Waals surface area contributed by atoms with Crippen LogP contribution in [0.2, 0.25) is 0 Å². The quantitative estimate of drug-likeness (QED) is 0.511. The lowest BCUT2D eigenvalue weighted by Crippen LogP contribution is -2.24. The molecule has 1 aromatic carbocycles. The summed E-state index contributed by atoms with van der Waals surface area (Å²) >= 11 is 3.35. The predicted octanol–water partition coefficient (Wildman–Crippen LogP) is 3.35. The van der Waals surface area contributed by atoms with Crippen molar-refractivity contribution in [2.75, 3.05) is 18.5 Å². The number of amides is 1. The molecule has 3 N–H and O–H groups in total. The summed E-state index contributed by atoms with van der Waals surface area (Å²) in [7, 11) is 0. The van der Waals surface area contributed by atoms with Crippen molar-refractivity contribution in [2.24, 2.45) is 5.73 Å². The molecule has 7 nitrogen and oxygen atoms in total. The van der Waals surface area contributed by atoms with Gasteiger partial charge in [-0.2, -0.15) is 5.10 Å². The van der Waals surface area contributed by atoms with Crippen LogP contribution in [0.25, 0.3) is 0 Å². The van der Waals surface area contributed by atoms with E-state index in [1.54, 1.807) is 24.4 Å². The topological polar surface area (TPSA) is 99.2 Å². The minimum absolute atomic E-state index is 0.137. The van der Waals surface area contributed by atoms with Crippen LogP contribution in [-0.4, -0.2) is 28.8 Å². The van der Waals surface area contributed by atoms with Gasteiger partial charge in [0, 0.05) is 18.7 Å². The molecule has 0 spiro atoms. The average molecular weight is 451 g/mol. The molecule has 1 aromatic heterocycles. The molecule has 152 valence electrons. The molecule has 0 aliphatic rings. The van der Waals surface area contributed by atoms with Gasteiger partial charge in [0.2, 0.25) is 5.91 Å². The van der Waals surface area contributed by atoms with Crippen molar-refractivity contribution in [2.45, 2.75) is 46.1 Å². The van der Waals surface area contributed by atoms with Crippen LogP contribution in [0, 0.1) is 0 Å². The van der Waals surface area contributed by atoms with Crippen LogP contribution >= 0.6 is 15.9 Å². The van der Waals surface area contributed by atoms with E-state index in [1.165, 1.54) is 4.68 Å². The van der Waals surface area contributed by atoms with Crippen molar-refractivity contribution in [3.05, 3.63) is 50.3 Å². The van der Waals surface area contributed by atoms with Gasteiger partial charge < -0.3 is 15.8 Å². The number of aryl methyl sites for hydroxylation is 2. The summed E-state index contributed by atoms with van der Waals surface area (Å²) in [5.74, 6) is 0.338. The molecule has 2 rings (SSSR count). The lowest BCUT2D eigenvalue weighted by atomic mass is 10.1. The normalized spacial score (nSPS) is 10.7. The van der Waals surface area contributed by atoms with E-state index in [4.69, 9.17) is 10.5 Å². The van der Waals surface area contributed by atoms with Crippen molar-refractivity contribution in [1.82, 2.24) is 9.78 Å². The Bertz CT molecular complexity index is 867. The van der Waals surface area contributed by atoms with Gasteiger partial charge in [0.1, 0.15) is 10.2 Å². The highest BCUT2D eigenvalue weighted by molar-refractivity contribution is 9.10. The van der Waals surface area contributed by atoms with Crippen molar-refractivity contribution in [1.29, 1.82) is 0 Å². The van der Waals surface area contributed by atoms with Crippen LogP contribution in [0.3, 0.4) is 0 Å². The van der Waals surface area contributed by atoms with Gasteiger partial charge in [-0.25, -0.2) is 4.68 Å². The molecule has 28 heavy (non-hydrogen) atoms. The summed E-state index contributed by atoms with van der Waals surface area (Å²) in [6, 6.07) is 5.28. The number of carbonyl (C=O) groups excluding carboxylic acids is 1. The Morgan fingerprint density at radius 1 is 1.32 bits per heavy atom. The third kappa shape index (κ3) is 5.82. The number of anilines is 1. The van der Waals surface area contributed by atoms with E-state index in [0.29, 0.717) is 35.4 Å². The number of hydrogen-bond donors (Lipinski definition) is 2. The van der Waals surface area contributed by atoms with E-state index in [2.05, 4.69) is 33.3 Å². The van der Waals surface area contributed by atoms with Crippen LogP contribution in [0.4, 0.5) is 5.69 Å². The van der Waals surface area contributed by atoms with Crippen molar-refractivity contribution in [3.63, 3.8) is 0 Å². The van der Waals surface area contributed by atoms with E-state index >= 15 is 0 Å². The van der Waals surface area contributed by atoms with Gasteiger partial charge in [0.05, 0.1) is 18.5 Å². The monoisotopic (exact) mass is 450 g/mol. The number of benzene rings is 1. The fraction of sp³-hybridized carbons (Fsp3) is 0.450. The highest BCUT2D eigenvalue weighted by Crippen LogP contribution is 2.22. The molecule has 0 bridgehead atoms. The molecule has 1 amide bonds. The zero-order chi connectivity index (χ0) is 20.5. The number of primary amides is 1. The Hall–Kier alpha value is -2.35. The molecular weight excluding hydrogens is 424 g/mol. The largest absolute Gasteiger partial charge is 0.493 e. The molecule has 0 saturated carbocycles. The number of nitrogens with zero attached hydrogens (tertiary/aromatic N) is 2. The second-order valence-electron chi connectivity index (χ2n) is 6.47.